The fourth-order valence-corrected chi connectivity index (χ4v) is 1.14. The minimum absolute atomic E-state index is 0.0211. The fraction of sp³-hybridized carbons (Fsp3) is 0.333. The van der Waals surface area contributed by atoms with E-state index in [0.717, 1.165) is 11.1 Å². The summed E-state index contributed by atoms with van der Waals surface area (Å²) in [6, 6.07) is 0. The summed E-state index contributed by atoms with van der Waals surface area (Å²) in [5.74, 6) is -1.69. The molecule has 0 saturated carbocycles. The van der Waals surface area contributed by atoms with Gasteiger partial charge in [-0.2, -0.15) is 0 Å². The number of carboxylic acid groups (broad SMARTS) is 1. The van der Waals surface area contributed by atoms with Crippen LogP contribution < -0.4 is 11.2 Å². The van der Waals surface area contributed by atoms with Crippen LogP contribution >= 0.6 is 0 Å². The number of rotatable bonds is 4. The molecule has 0 spiro atoms. The molecule has 0 radical (unpaired) electrons. The summed E-state index contributed by atoms with van der Waals surface area (Å²) in [7, 11) is 1.37. The summed E-state index contributed by atoms with van der Waals surface area (Å²) in [5.41, 5.74) is -1.75. The van der Waals surface area contributed by atoms with Crippen LogP contribution in [-0.4, -0.2) is 45.4 Å². The van der Waals surface area contributed by atoms with Crippen molar-refractivity contribution in [2.24, 2.45) is 0 Å². The minimum Gasteiger partial charge on any atom is -0.481 e. The van der Waals surface area contributed by atoms with Crippen LogP contribution in [0.2, 0.25) is 0 Å². The van der Waals surface area contributed by atoms with Crippen LogP contribution in [0.25, 0.3) is 0 Å². The van der Waals surface area contributed by atoms with Crippen molar-refractivity contribution in [3.8, 4) is 0 Å². The summed E-state index contributed by atoms with van der Waals surface area (Å²) in [6.45, 7) is -0.0211. The van der Waals surface area contributed by atoms with Gasteiger partial charge in [0, 0.05) is 19.8 Å². The molecule has 0 fully saturated rings. The molecule has 3 N–H and O–H groups in total. The number of amides is 1. The number of carbonyl (C=O) groups is 2. The van der Waals surface area contributed by atoms with Gasteiger partial charge in [-0.1, -0.05) is 0 Å². The maximum atomic E-state index is 11.7. The molecule has 0 aliphatic rings. The zero-order chi connectivity index (χ0) is 13.0. The van der Waals surface area contributed by atoms with Crippen LogP contribution in [0.4, 0.5) is 0 Å². The van der Waals surface area contributed by atoms with Crippen molar-refractivity contribution >= 4 is 11.9 Å². The molecule has 92 valence electrons. The van der Waals surface area contributed by atoms with E-state index in [4.69, 9.17) is 5.11 Å². The Labute approximate surface area is 94.9 Å². The molecular formula is C9H11N3O5. The number of carbonyl (C=O) groups excluding carboxylic acids is 1. The van der Waals surface area contributed by atoms with E-state index in [1.165, 1.54) is 7.05 Å². The van der Waals surface area contributed by atoms with Gasteiger partial charge in [0.2, 0.25) is 0 Å². The van der Waals surface area contributed by atoms with E-state index < -0.39 is 23.1 Å². The summed E-state index contributed by atoms with van der Waals surface area (Å²) < 4.78 is 0. The monoisotopic (exact) mass is 241 g/mol. The zero-order valence-corrected chi connectivity index (χ0v) is 9.02. The molecule has 1 aromatic heterocycles. The molecule has 0 unspecified atom stereocenters. The van der Waals surface area contributed by atoms with Gasteiger partial charge in [-0.3, -0.25) is 19.4 Å². The van der Waals surface area contributed by atoms with Crippen LogP contribution in [0.3, 0.4) is 0 Å². The van der Waals surface area contributed by atoms with E-state index in [1.807, 2.05) is 4.98 Å². The number of hydrogen-bond donors (Lipinski definition) is 3. The van der Waals surface area contributed by atoms with Crippen LogP contribution in [0.15, 0.2) is 15.8 Å². The van der Waals surface area contributed by atoms with E-state index in [2.05, 4.69) is 4.98 Å². The Morgan fingerprint density at radius 3 is 2.59 bits per heavy atom. The van der Waals surface area contributed by atoms with Gasteiger partial charge in [0.1, 0.15) is 5.56 Å². The van der Waals surface area contributed by atoms with Crippen LogP contribution in [0.5, 0.6) is 0 Å². The molecular weight excluding hydrogens is 230 g/mol. The van der Waals surface area contributed by atoms with Crippen molar-refractivity contribution in [2.75, 3.05) is 13.6 Å². The molecule has 17 heavy (non-hydrogen) atoms. The van der Waals surface area contributed by atoms with Gasteiger partial charge in [0.05, 0.1) is 6.42 Å². The van der Waals surface area contributed by atoms with Crippen molar-refractivity contribution in [2.45, 2.75) is 6.42 Å². The highest BCUT2D eigenvalue weighted by atomic mass is 16.4. The Bertz CT molecular complexity index is 544. The van der Waals surface area contributed by atoms with E-state index in [9.17, 15) is 19.2 Å². The number of aromatic amines is 2. The van der Waals surface area contributed by atoms with Gasteiger partial charge in [0.15, 0.2) is 0 Å². The molecule has 1 heterocycles. The number of H-pyrrole nitrogens is 2. The molecule has 0 atom stereocenters. The Kier molecular flexibility index (Phi) is 3.81. The third-order valence-electron chi connectivity index (χ3n) is 2.06. The number of aliphatic carboxylic acids is 1. The second-order valence-corrected chi connectivity index (χ2v) is 3.36. The second kappa shape index (κ2) is 5.10. The molecule has 8 heteroatoms. The van der Waals surface area contributed by atoms with Crippen molar-refractivity contribution in [3.05, 3.63) is 32.6 Å². The lowest BCUT2D eigenvalue weighted by molar-refractivity contribution is -0.137. The molecule has 8 nitrogen and oxygen atoms in total. The normalized spacial score (nSPS) is 9.94. The number of hydrogen-bond acceptors (Lipinski definition) is 4. The average molecular weight is 241 g/mol. The predicted octanol–water partition coefficient (Wildman–Crippen LogP) is -1.39. The Morgan fingerprint density at radius 2 is 2.06 bits per heavy atom. The van der Waals surface area contributed by atoms with Gasteiger partial charge >= 0.3 is 11.7 Å². The van der Waals surface area contributed by atoms with Crippen LogP contribution in [0.1, 0.15) is 16.8 Å². The summed E-state index contributed by atoms with van der Waals surface area (Å²) in [6.07, 6.45) is 0.782. The first-order valence-corrected chi connectivity index (χ1v) is 4.71. The third kappa shape index (κ3) is 3.30. The quantitative estimate of drug-likeness (QED) is 0.598. The highest BCUT2D eigenvalue weighted by Crippen LogP contribution is 1.96. The molecule has 1 amide bonds. The Balaban J connectivity index is 2.85. The van der Waals surface area contributed by atoms with Gasteiger partial charge in [-0.15, -0.1) is 0 Å². The van der Waals surface area contributed by atoms with Gasteiger partial charge in [-0.05, 0) is 0 Å². The standard InChI is InChI=1S/C9H11N3O5/c1-12(3-2-6(13)14)8(16)5-4-10-9(17)11-7(5)15/h4H,2-3H2,1H3,(H,13,14)(H2,10,11,15,17). The van der Waals surface area contributed by atoms with Gasteiger partial charge < -0.3 is 15.0 Å². The SMILES string of the molecule is CN(CCC(=O)O)C(=O)c1c[nH]c(=O)[nH]c1=O. The van der Waals surface area contributed by atoms with E-state index in [-0.39, 0.29) is 18.5 Å². The molecule has 0 aliphatic heterocycles. The molecule has 0 aromatic carbocycles. The lowest BCUT2D eigenvalue weighted by Crippen LogP contribution is -2.35. The van der Waals surface area contributed by atoms with E-state index in [0.29, 0.717) is 0 Å². The lowest BCUT2D eigenvalue weighted by atomic mass is 10.3. The van der Waals surface area contributed by atoms with Crippen molar-refractivity contribution in [1.82, 2.24) is 14.9 Å². The minimum atomic E-state index is -1.04. The zero-order valence-electron chi connectivity index (χ0n) is 9.02. The summed E-state index contributed by atoms with van der Waals surface area (Å²) in [4.78, 5) is 49.2. The van der Waals surface area contributed by atoms with Crippen molar-refractivity contribution in [3.63, 3.8) is 0 Å². The maximum absolute atomic E-state index is 11.7. The maximum Gasteiger partial charge on any atom is 0.325 e. The first-order valence-electron chi connectivity index (χ1n) is 4.71. The Hall–Kier alpha value is -2.38. The molecule has 1 aromatic rings. The van der Waals surface area contributed by atoms with Crippen molar-refractivity contribution in [1.29, 1.82) is 0 Å². The number of nitrogens with one attached hydrogen (secondary N) is 2. The predicted molar refractivity (Wildman–Crippen MR) is 56.9 cm³/mol. The number of aromatic nitrogens is 2. The van der Waals surface area contributed by atoms with Gasteiger partial charge in [0.25, 0.3) is 11.5 Å². The van der Waals surface area contributed by atoms with E-state index >= 15 is 0 Å². The summed E-state index contributed by atoms with van der Waals surface area (Å²) in [5, 5.41) is 8.45. The second-order valence-electron chi connectivity index (χ2n) is 3.36. The molecule has 0 saturated heterocycles. The van der Waals surface area contributed by atoms with Gasteiger partial charge in [-0.25, -0.2) is 4.79 Å². The van der Waals surface area contributed by atoms with Crippen LogP contribution in [0, 0.1) is 0 Å². The average Bonchev–Trinajstić information content (AvgIpc) is 2.25. The van der Waals surface area contributed by atoms with Crippen LogP contribution in [-0.2, 0) is 4.79 Å². The van der Waals surface area contributed by atoms with E-state index in [1.54, 1.807) is 0 Å². The smallest absolute Gasteiger partial charge is 0.325 e. The summed E-state index contributed by atoms with van der Waals surface area (Å²) >= 11 is 0. The number of carboxylic acids is 1. The third-order valence-corrected chi connectivity index (χ3v) is 2.06. The highest BCUT2D eigenvalue weighted by Gasteiger charge is 2.16. The first-order chi connectivity index (χ1) is 7.91. The molecule has 0 aliphatic carbocycles. The fourth-order valence-electron chi connectivity index (χ4n) is 1.14. The Morgan fingerprint density at radius 1 is 1.41 bits per heavy atom. The first kappa shape index (κ1) is 12.7. The topological polar surface area (TPSA) is 123 Å². The molecule has 0 bridgehead atoms. The lowest BCUT2D eigenvalue weighted by Gasteiger charge is -2.14. The number of nitrogens with zero attached hydrogens (tertiary/aromatic N) is 1. The molecule has 1 rings (SSSR count). The largest absolute Gasteiger partial charge is 0.481 e. The van der Waals surface area contributed by atoms with Crippen molar-refractivity contribution < 1.29 is 14.7 Å². The highest BCUT2D eigenvalue weighted by molar-refractivity contribution is 5.93.